The number of hydrogen-bond donors (Lipinski definition) is 1. The van der Waals surface area contributed by atoms with E-state index < -0.39 is 0 Å². The summed E-state index contributed by atoms with van der Waals surface area (Å²) in [6.45, 7) is 1.86. The van der Waals surface area contributed by atoms with E-state index in [1.165, 1.54) is 27.4 Å². The molecule has 0 aliphatic heterocycles. The summed E-state index contributed by atoms with van der Waals surface area (Å²) in [7, 11) is 6.05. The molecule has 0 saturated heterocycles. The summed E-state index contributed by atoms with van der Waals surface area (Å²) in [5.74, 6) is 1.53. The molecule has 0 aliphatic rings. The number of carbonyl (C=O) groups excluding carboxylic acids is 1. The van der Waals surface area contributed by atoms with Gasteiger partial charge in [-0.25, -0.2) is 0 Å². The van der Waals surface area contributed by atoms with Crippen molar-refractivity contribution >= 4 is 23.2 Å². The molecule has 0 saturated carbocycles. The Morgan fingerprint density at radius 2 is 1.48 bits per heavy atom. The van der Waals surface area contributed by atoms with Crippen molar-refractivity contribution in [3.05, 3.63) is 40.4 Å². The predicted molar refractivity (Wildman–Crippen MR) is 96.8 cm³/mol. The molecule has 0 atom stereocenters. The lowest BCUT2D eigenvalue weighted by Crippen LogP contribution is -2.13. The predicted octanol–water partition coefficient (Wildman–Crippen LogP) is 3.94. The third-order valence-corrected chi connectivity index (χ3v) is 3.96. The summed E-state index contributed by atoms with van der Waals surface area (Å²) in [6, 6.07) is 6.58. The van der Waals surface area contributed by atoms with Crippen LogP contribution in [0.4, 0.5) is 5.69 Å². The fourth-order valence-electron chi connectivity index (χ4n) is 2.36. The van der Waals surface area contributed by atoms with E-state index in [9.17, 15) is 4.79 Å². The monoisotopic (exact) mass is 365 g/mol. The van der Waals surface area contributed by atoms with Gasteiger partial charge in [-0.05, 0) is 30.7 Å². The van der Waals surface area contributed by atoms with Crippen molar-refractivity contribution in [3.63, 3.8) is 0 Å². The van der Waals surface area contributed by atoms with Gasteiger partial charge < -0.3 is 24.3 Å². The zero-order valence-electron chi connectivity index (χ0n) is 14.7. The van der Waals surface area contributed by atoms with Gasteiger partial charge in [-0.3, -0.25) is 4.79 Å². The summed E-state index contributed by atoms with van der Waals surface area (Å²) in [4.78, 5) is 12.6. The van der Waals surface area contributed by atoms with Crippen molar-refractivity contribution in [2.24, 2.45) is 0 Å². The molecule has 25 heavy (non-hydrogen) atoms. The van der Waals surface area contributed by atoms with E-state index in [1.807, 2.05) is 6.92 Å². The minimum Gasteiger partial charge on any atom is -0.493 e. The quantitative estimate of drug-likeness (QED) is 0.840. The molecule has 134 valence electrons. The largest absolute Gasteiger partial charge is 0.493 e. The summed E-state index contributed by atoms with van der Waals surface area (Å²) < 4.78 is 20.9. The van der Waals surface area contributed by atoms with Gasteiger partial charge in [0.15, 0.2) is 23.0 Å². The Kier molecular flexibility index (Phi) is 5.98. The molecular formula is C18H20ClNO5. The number of rotatable bonds is 6. The number of carbonyl (C=O) groups is 1. The first-order chi connectivity index (χ1) is 11.9. The molecule has 0 unspecified atom stereocenters. The van der Waals surface area contributed by atoms with E-state index in [2.05, 4.69) is 5.32 Å². The van der Waals surface area contributed by atoms with Crippen LogP contribution in [0, 0.1) is 6.92 Å². The highest BCUT2D eigenvalue weighted by Gasteiger charge is 2.17. The van der Waals surface area contributed by atoms with Crippen LogP contribution in [0.3, 0.4) is 0 Å². The molecule has 1 N–H and O–H groups in total. The van der Waals surface area contributed by atoms with Crippen LogP contribution in [-0.4, -0.2) is 34.3 Å². The molecular weight excluding hydrogens is 346 g/mol. The molecule has 0 aliphatic carbocycles. The summed E-state index contributed by atoms with van der Waals surface area (Å²) in [5, 5.41) is 3.13. The highest BCUT2D eigenvalue weighted by molar-refractivity contribution is 6.32. The molecule has 0 heterocycles. The molecule has 0 fully saturated rings. The van der Waals surface area contributed by atoms with Crippen LogP contribution >= 0.6 is 11.6 Å². The lowest BCUT2D eigenvalue weighted by molar-refractivity contribution is 0.102. The van der Waals surface area contributed by atoms with Crippen LogP contribution < -0.4 is 24.3 Å². The molecule has 2 aromatic rings. The van der Waals surface area contributed by atoms with Gasteiger partial charge in [0.05, 0.1) is 33.5 Å². The van der Waals surface area contributed by atoms with Crippen molar-refractivity contribution in [1.82, 2.24) is 0 Å². The second kappa shape index (κ2) is 7.98. The Bertz CT molecular complexity index is 792. The SMILES string of the molecule is COc1cc(C)c(NC(=O)c2cc(Cl)c(OC)c(OC)c2)cc1OC. The van der Waals surface area contributed by atoms with Crippen molar-refractivity contribution < 1.29 is 23.7 Å². The van der Waals surface area contributed by atoms with Crippen molar-refractivity contribution in [2.75, 3.05) is 33.8 Å². The maximum absolute atomic E-state index is 12.6. The van der Waals surface area contributed by atoms with Crippen molar-refractivity contribution in [3.8, 4) is 23.0 Å². The molecule has 1 amide bonds. The average Bonchev–Trinajstić information content (AvgIpc) is 2.61. The van der Waals surface area contributed by atoms with Gasteiger partial charge in [0.25, 0.3) is 5.91 Å². The van der Waals surface area contributed by atoms with E-state index in [1.54, 1.807) is 25.3 Å². The van der Waals surface area contributed by atoms with Gasteiger partial charge in [0.2, 0.25) is 0 Å². The number of ether oxygens (including phenoxy) is 4. The third-order valence-electron chi connectivity index (χ3n) is 3.67. The molecule has 2 aromatic carbocycles. The molecule has 0 spiro atoms. The zero-order chi connectivity index (χ0) is 18.6. The zero-order valence-corrected chi connectivity index (χ0v) is 15.5. The Labute approximate surface area is 151 Å². The lowest BCUT2D eigenvalue weighted by atomic mass is 10.1. The van der Waals surface area contributed by atoms with Crippen LogP contribution in [0.5, 0.6) is 23.0 Å². The Hall–Kier alpha value is -2.60. The number of amides is 1. The number of benzene rings is 2. The molecule has 0 bridgehead atoms. The number of nitrogens with one attached hydrogen (secondary N) is 1. The number of halogens is 1. The molecule has 0 aromatic heterocycles. The second-order valence-electron chi connectivity index (χ2n) is 5.17. The first-order valence-corrected chi connectivity index (χ1v) is 7.78. The van der Waals surface area contributed by atoms with Crippen LogP contribution in [-0.2, 0) is 0 Å². The first-order valence-electron chi connectivity index (χ1n) is 7.40. The molecule has 6 nitrogen and oxygen atoms in total. The smallest absolute Gasteiger partial charge is 0.255 e. The minimum atomic E-state index is -0.335. The Balaban J connectivity index is 2.36. The van der Waals surface area contributed by atoms with Crippen molar-refractivity contribution in [1.29, 1.82) is 0 Å². The molecule has 2 rings (SSSR count). The van der Waals surface area contributed by atoms with Crippen molar-refractivity contribution in [2.45, 2.75) is 6.92 Å². The highest BCUT2D eigenvalue weighted by atomic mass is 35.5. The lowest BCUT2D eigenvalue weighted by Gasteiger charge is -2.15. The Morgan fingerprint density at radius 1 is 0.880 bits per heavy atom. The molecule has 0 radical (unpaired) electrons. The van der Waals surface area contributed by atoms with Crippen LogP contribution in [0.15, 0.2) is 24.3 Å². The normalized spacial score (nSPS) is 10.2. The Morgan fingerprint density at radius 3 is 2.04 bits per heavy atom. The summed E-state index contributed by atoms with van der Waals surface area (Å²) in [5.41, 5.74) is 1.78. The van der Waals surface area contributed by atoms with E-state index in [0.717, 1.165) is 5.56 Å². The fraction of sp³-hybridized carbons (Fsp3) is 0.278. The number of aryl methyl sites for hydroxylation is 1. The maximum atomic E-state index is 12.6. The average molecular weight is 366 g/mol. The highest BCUT2D eigenvalue weighted by Crippen LogP contribution is 2.37. The standard InChI is InChI=1S/C18H20ClNO5/c1-10-6-14(22-2)15(23-3)9-13(10)20-18(21)11-7-12(19)17(25-5)16(8-11)24-4/h6-9H,1-5H3,(H,20,21). The maximum Gasteiger partial charge on any atom is 0.255 e. The van der Waals surface area contributed by atoms with Gasteiger partial charge in [-0.2, -0.15) is 0 Å². The summed E-state index contributed by atoms with van der Waals surface area (Å²) in [6.07, 6.45) is 0. The van der Waals surface area contributed by atoms with Crippen LogP contribution in [0.2, 0.25) is 5.02 Å². The van der Waals surface area contributed by atoms with Gasteiger partial charge >= 0.3 is 0 Å². The third kappa shape index (κ3) is 3.91. The first kappa shape index (κ1) is 18.7. The summed E-state index contributed by atoms with van der Waals surface area (Å²) >= 11 is 6.16. The van der Waals surface area contributed by atoms with Crippen LogP contribution in [0.25, 0.3) is 0 Å². The number of hydrogen-bond acceptors (Lipinski definition) is 5. The second-order valence-corrected chi connectivity index (χ2v) is 5.58. The fourth-order valence-corrected chi connectivity index (χ4v) is 2.65. The van der Waals surface area contributed by atoms with Gasteiger partial charge in [0.1, 0.15) is 0 Å². The van der Waals surface area contributed by atoms with Gasteiger partial charge in [-0.1, -0.05) is 11.6 Å². The number of anilines is 1. The van der Waals surface area contributed by atoms with E-state index in [-0.39, 0.29) is 10.9 Å². The van der Waals surface area contributed by atoms with E-state index in [0.29, 0.717) is 34.2 Å². The topological polar surface area (TPSA) is 66.0 Å². The van der Waals surface area contributed by atoms with Crippen LogP contribution in [0.1, 0.15) is 15.9 Å². The molecule has 7 heteroatoms. The minimum absolute atomic E-state index is 0.288. The van der Waals surface area contributed by atoms with E-state index >= 15 is 0 Å². The van der Waals surface area contributed by atoms with Gasteiger partial charge in [-0.15, -0.1) is 0 Å². The number of methoxy groups -OCH3 is 4. The van der Waals surface area contributed by atoms with E-state index in [4.69, 9.17) is 30.5 Å². The van der Waals surface area contributed by atoms with Gasteiger partial charge in [0, 0.05) is 17.3 Å².